The largest absolute Gasteiger partial charge is 0.0651 e. The van der Waals surface area contributed by atoms with E-state index < -0.39 is 0 Å². The summed E-state index contributed by atoms with van der Waals surface area (Å²) in [7, 11) is 0. The van der Waals surface area contributed by atoms with E-state index >= 15 is 0 Å². The zero-order chi connectivity index (χ0) is 9.68. The number of nitrogens with zero attached hydrogens (tertiary/aromatic N) is 3. The molecule has 3 heteroatoms. The van der Waals surface area contributed by atoms with Crippen LogP contribution >= 0.6 is 0 Å². The van der Waals surface area contributed by atoms with Gasteiger partial charge in [0.05, 0.1) is 0 Å². The Labute approximate surface area is 78.0 Å². The molecule has 0 spiro atoms. The van der Waals surface area contributed by atoms with Crippen LogP contribution in [0.3, 0.4) is 0 Å². The molecule has 0 saturated carbocycles. The van der Waals surface area contributed by atoms with Gasteiger partial charge in [-0.3, -0.25) is 0 Å². The number of hydrogen-bond donors (Lipinski definition) is 0. The van der Waals surface area contributed by atoms with E-state index in [0.717, 1.165) is 29.7 Å². The van der Waals surface area contributed by atoms with Crippen molar-refractivity contribution in [3.8, 4) is 0 Å². The summed E-state index contributed by atoms with van der Waals surface area (Å²) in [6.45, 7) is 4.10. The molecule has 0 unspecified atom stereocenters. The first-order chi connectivity index (χ1) is 6.27. The van der Waals surface area contributed by atoms with Crippen molar-refractivity contribution in [2.75, 3.05) is 0 Å². The van der Waals surface area contributed by atoms with E-state index in [2.05, 4.69) is 16.9 Å². The Bertz CT molecular complexity index is 338. The average molecular weight is 175 g/mol. The number of aryl methyl sites for hydroxylation is 2. The van der Waals surface area contributed by atoms with Crippen LogP contribution in [0, 0.1) is 6.92 Å². The quantitative estimate of drug-likeness (QED) is 0.380. The Morgan fingerprint density at radius 1 is 1.46 bits per heavy atom. The molecule has 0 fully saturated rings. The van der Waals surface area contributed by atoms with E-state index in [1.165, 1.54) is 0 Å². The van der Waals surface area contributed by atoms with Crippen LogP contribution in [-0.2, 0) is 6.42 Å². The predicted molar refractivity (Wildman–Crippen MR) is 54.0 cm³/mol. The topological polar surface area (TPSA) is 48.8 Å². The standard InChI is InChI=1S/C10H13N3/c1-3-4-9-6-5-8(2)7-10(9)12-13-11/h5-7H,3-4H2,1-2H3. The minimum absolute atomic E-state index is 0.768. The molecule has 1 rings (SSSR count). The highest BCUT2D eigenvalue weighted by Gasteiger charge is 1.98. The maximum absolute atomic E-state index is 8.36. The molecule has 3 nitrogen and oxygen atoms in total. The van der Waals surface area contributed by atoms with Gasteiger partial charge in [-0.2, -0.15) is 0 Å². The van der Waals surface area contributed by atoms with E-state index in [-0.39, 0.29) is 0 Å². The van der Waals surface area contributed by atoms with Crippen LogP contribution in [0.4, 0.5) is 5.69 Å². The molecule has 68 valence electrons. The molecule has 1 aromatic rings. The average Bonchev–Trinajstić information content (AvgIpc) is 2.10. The van der Waals surface area contributed by atoms with Gasteiger partial charge in [0.1, 0.15) is 0 Å². The molecule has 0 aliphatic heterocycles. The fourth-order valence-corrected chi connectivity index (χ4v) is 1.30. The summed E-state index contributed by atoms with van der Waals surface area (Å²) < 4.78 is 0. The fourth-order valence-electron chi connectivity index (χ4n) is 1.30. The van der Waals surface area contributed by atoms with Crippen molar-refractivity contribution in [3.63, 3.8) is 0 Å². The van der Waals surface area contributed by atoms with Gasteiger partial charge in [-0.1, -0.05) is 36.2 Å². The van der Waals surface area contributed by atoms with Crippen LogP contribution in [0.25, 0.3) is 10.4 Å². The summed E-state index contributed by atoms with van der Waals surface area (Å²) in [4.78, 5) is 2.81. The predicted octanol–water partition coefficient (Wildman–Crippen LogP) is 3.89. The Hall–Kier alpha value is -1.47. The third-order valence-electron chi connectivity index (χ3n) is 1.91. The Kier molecular flexibility index (Phi) is 3.35. The second-order valence-corrected chi connectivity index (χ2v) is 3.07. The maximum atomic E-state index is 8.36. The van der Waals surface area contributed by atoms with Gasteiger partial charge in [0.25, 0.3) is 0 Å². The van der Waals surface area contributed by atoms with E-state index in [0.29, 0.717) is 0 Å². The lowest BCUT2D eigenvalue weighted by atomic mass is 10.1. The number of hydrogen-bond acceptors (Lipinski definition) is 1. The highest BCUT2D eigenvalue weighted by atomic mass is 15.1. The smallest absolute Gasteiger partial charge is 0.0410 e. The van der Waals surface area contributed by atoms with Gasteiger partial charge in [-0.05, 0) is 30.5 Å². The zero-order valence-corrected chi connectivity index (χ0v) is 7.99. The Balaban J connectivity index is 3.10. The molecule has 0 atom stereocenters. The zero-order valence-electron chi connectivity index (χ0n) is 7.99. The van der Waals surface area contributed by atoms with Gasteiger partial charge in [0, 0.05) is 10.6 Å². The second-order valence-electron chi connectivity index (χ2n) is 3.07. The molecule has 0 aliphatic carbocycles. The maximum Gasteiger partial charge on any atom is 0.0410 e. The molecule has 0 aliphatic rings. The van der Waals surface area contributed by atoms with Crippen molar-refractivity contribution in [1.82, 2.24) is 0 Å². The van der Waals surface area contributed by atoms with Crippen LogP contribution < -0.4 is 0 Å². The van der Waals surface area contributed by atoms with E-state index in [4.69, 9.17) is 5.53 Å². The normalized spacial score (nSPS) is 9.38. The number of benzene rings is 1. The lowest BCUT2D eigenvalue weighted by Gasteiger charge is -2.03. The van der Waals surface area contributed by atoms with E-state index in [9.17, 15) is 0 Å². The first-order valence-corrected chi connectivity index (χ1v) is 4.42. The van der Waals surface area contributed by atoms with Gasteiger partial charge in [-0.15, -0.1) is 0 Å². The third-order valence-corrected chi connectivity index (χ3v) is 1.91. The van der Waals surface area contributed by atoms with Crippen LogP contribution in [0.15, 0.2) is 23.3 Å². The molecule has 0 N–H and O–H groups in total. The number of rotatable bonds is 3. The molecule has 0 aromatic heterocycles. The third kappa shape index (κ3) is 2.49. The van der Waals surface area contributed by atoms with Crippen molar-refractivity contribution in [3.05, 3.63) is 39.8 Å². The lowest BCUT2D eigenvalue weighted by molar-refractivity contribution is 0.920. The summed E-state index contributed by atoms with van der Waals surface area (Å²) in [5.41, 5.74) is 11.4. The second kappa shape index (κ2) is 4.53. The van der Waals surface area contributed by atoms with Crippen LogP contribution in [0.1, 0.15) is 24.5 Å². The SMILES string of the molecule is CCCc1ccc(C)cc1N=[N+]=[N-]. The molecule has 0 bridgehead atoms. The van der Waals surface area contributed by atoms with Crippen LogP contribution in [0.5, 0.6) is 0 Å². The molecule has 0 saturated heterocycles. The monoisotopic (exact) mass is 175 g/mol. The van der Waals surface area contributed by atoms with Crippen molar-refractivity contribution in [1.29, 1.82) is 0 Å². The van der Waals surface area contributed by atoms with Crippen molar-refractivity contribution in [2.24, 2.45) is 5.11 Å². The van der Waals surface area contributed by atoms with Gasteiger partial charge in [0.15, 0.2) is 0 Å². The highest BCUT2D eigenvalue weighted by molar-refractivity contribution is 5.48. The molecular weight excluding hydrogens is 162 g/mol. The summed E-state index contributed by atoms with van der Waals surface area (Å²) in [6.07, 6.45) is 2.03. The molecule has 0 radical (unpaired) electrons. The van der Waals surface area contributed by atoms with Crippen molar-refractivity contribution in [2.45, 2.75) is 26.7 Å². The van der Waals surface area contributed by atoms with E-state index in [1.807, 2.05) is 25.1 Å². The van der Waals surface area contributed by atoms with Crippen molar-refractivity contribution >= 4 is 5.69 Å². The lowest BCUT2D eigenvalue weighted by Crippen LogP contribution is -1.84. The molecular formula is C10H13N3. The molecule has 0 amide bonds. The van der Waals surface area contributed by atoms with E-state index in [1.54, 1.807) is 0 Å². The van der Waals surface area contributed by atoms with Crippen LogP contribution in [0.2, 0.25) is 0 Å². The summed E-state index contributed by atoms with van der Waals surface area (Å²) in [6, 6.07) is 5.99. The van der Waals surface area contributed by atoms with Gasteiger partial charge >= 0.3 is 0 Å². The Morgan fingerprint density at radius 2 is 2.23 bits per heavy atom. The van der Waals surface area contributed by atoms with Gasteiger partial charge < -0.3 is 0 Å². The summed E-state index contributed by atoms with van der Waals surface area (Å²) >= 11 is 0. The van der Waals surface area contributed by atoms with Crippen LogP contribution in [-0.4, -0.2) is 0 Å². The molecule has 1 aromatic carbocycles. The molecule has 13 heavy (non-hydrogen) atoms. The highest BCUT2D eigenvalue weighted by Crippen LogP contribution is 2.22. The summed E-state index contributed by atoms with van der Waals surface area (Å²) in [5.74, 6) is 0. The first-order valence-electron chi connectivity index (χ1n) is 4.42. The van der Waals surface area contributed by atoms with Gasteiger partial charge in [0.2, 0.25) is 0 Å². The summed E-state index contributed by atoms with van der Waals surface area (Å²) in [5, 5.41) is 3.67. The fraction of sp³-hybridized carbons (Fsp3) is 0.400. The first kappa shape index (κ1) is 9.62. The van der Waals surface area contributed by atoms with Gasteiger partial charge in [-0.25, -0.2) is 0 Å². The minimum atomic E-state index is 0.768. The number of azide groups is 1. The molecule has 0 heterocycles. The Morgan fingerprint density at radius 3 is 2.85 bits per heavy atom. The minimum Gasteiger partial charge on any atom is -0.0651 e. The van der Waals surface area contributed by atoms with Crippen molar-refractivity contribution < 1.29 is 0 Å².